The van der Waals surface area contributed by atoms with E-state index in [0.717, 1.165) is 43.1 Å². The summed E-state index contributed by atoms with van der Waals surface area (Å²) < 4.78 is 7.47. The normalized spacial score (nSPS) is 15.7. The van der Waals surface area contributed by atoms with Crippen molar-refractivity contribution in [2.45, 2.75) is 46.1 Å². The number of amides is 1. The number of rotatable bonds is 3. The fourth-order valence-electron chi connectivity index (χ4n) is 2.98. The van der Waals surface area contributed by atoms with Crippen LogP contribution in [0.2, 0.25) is 0 Å². The Hall–Kier alpha value is -2.31. The number of carbonyl (C=O) groups excluding carboxylic acids is 1. The third-order valence-electron chi connectivity index (χ3n) is 4.20. The maximum absolute atomic E-state index is 12.2. The summed E-state index contributed by atoms with van der Waals surface area (Å²) in [6, 6.07) is 2.05. The van der Waals surface area contributed by atoms with Gasteiger partial charge in [-0.25, -0.2) is 14.8 Å². The van der Waals surface area contributed by atoms with Crippen LogP contribution in [0.4, 0.5) is 10.6 Å². The first kappa shape index (κ1) is 17.5. The van der Waals surface area contributed by atoms with Gasteiger partial charge in [-0.15, -0.1) is 0 Å². The van der Waals surface area contributed by atoms with Crippen LogP contribution in [-0.2, 0) is 11.2 Å². The van der Waals surface area contributed by atoms with Crippen molar-refractivity contribution in [1.29, 1.82) is 0 Å². The maximum Gasteiger partial charge on any atom is 0.410 e. The number of anilines is 1. The van der Waals surface area contributed by atoms with Crippen LogP contribution in [0.5, 0.6) is 0 Å². The number of nitrogens with zero attached hydrogens (tertiary/aromatic N) is 5. The Kier molecular flexibility index (Phi) is 4.83. The number of fused-ring (bicyclic) bond motifs is 1. The van der Waals surface area contributed by atoms with Gasteiger partial charge in [0.25, 0.3) is 0 Å². The zero-order chi connectivity index (χ0) is 18.0. The first-order valence-electron chi connectivity index (χ1n) is 8.92. The van der Waals surface area contributed by atoms with Gasteiger partial charge in [-0.05, 0) is 27.2 Å². The van der Waals surface area contributed by atoms with E-state index < -0.39 is 5.60 Å². The highest BCUT2D eigenvalue weighted by Crippen LogP contribution is 2.20. The molecular weight excluding hydrogens is 318 g/mol. The Bertz CT molecular complexity index is 741. The number of aromatic nitrogens is 3. The van der Waals surface area contributed by atoms with E-state index in [1.54, 1.807) is 4.90 Å². The van der Waals surface area contributed by atoms with Crippen LogP contribution in [0.25, 0.3) is 5.65 Å². The van der Waals surface area contributed by atoms with Crippen LogP contribution < -0.4 is 4.90 Å². The van der Waals surface area contributed by atoms with Crippen molar-refractivity contribution in [3.63, 3.8) is 0 Å². The number of hydrogen-bond acceptors (Lipinski definition) is 5. The number of carbonyl (C=O) groups is 1. The van der Waals surface area contributed by atoms with Gasteiger partial charge < -0.3 is 14.5 Å². The minimum atomic E-state index is -0.461. The van der Waals surface area contributed by atoms with E-state index in [-0.39, 0.29) is 6.09 Å². The summed E-state index contributed by atoms with van der Waals surface area (Å²) in [6.45, 7) is 10.6. The quantitative estimate of drug-likeness (QED) is 0.856. The highest BCUT2D eigenvalue weighted by molar-refractivity contribution is 5.68. The average Bonchev–Trinajstić information content (AvgIpc) is 2.97. The van der Waals surface area contributed by atoms with Gasteiger partial charge in [0.05, 0.1) is 6.20 Å². The first-order valence-corrected chi connectivity index (χ1v) is 8.92. The molecule has 0 spiro atoms. The largest absolute Gasteiger partial charge is 0.444 e. The van der Waals surface area contributed by atoms with E-state index in [9.17, 15) is 4.79 Å². The standard InChI is InChI=1S/C18H27N5O2/c1-5-6-14-11-15-19-12-16(23(15)13-20-14)21-7-9-22(10-8-21)17(24)25-18(2,3)4/h11-13H,5-10H2,1-4H3. The van der Waals surface area contributed by atoms with Gasteiger partial charge >= 0.3 is 6.09 Å². The molecule has 136 valence electrons. The molecule has 0 atom stereocenters. The highest BCUT2D eigenvalue weighted by Gasteiger charge is 2.26. The van der Waals surface area contributed by atoms with Gasteiger partial charge in [-0.3, -0.25) is 4.40 Å². The van der Waals surface area contributed by atoms with Crippen LogP contribution in [0, 0.1) is 0 Å². The molecule has 0 radical (unpaired) electrons. The summed E-state index contributed by atoms with van der Waals surface area (Å²) in [5.41, 5.74) is 1.53. The molecule has 0 N–H and O–H groups in total. The molecule has 1 aliphatic heterocycles. The Labute approximate surface area is 148 Å². The predicted molar refractivity (Wildman–Crippen MR) is 97.0 cm³/mol. The van der Waals surface area contributed by atoms with Crippen LogP contribution >= 0.6 is 0 Å². The summed E-state index contributed by atoms with van der Waals surface area (Å²) in [5.74, 6) is 1.02. The van der Waals surface area contributed by atoms with Crippen LogP contribution in [0.1, 0.15) is 39.8 Å². The van der Waals surface area contributed by atoms with Gasteiger partial charge in [0.1, 0.15) is 23.4 Å². The zero-order valence-electron chi connectivity index (χ0n) is 15.5. The molecule has 0 bridgehead atoms. The van der Waals surface area contributed by atoms with Gasteiger partial charge in [-0.2, -0.15) is 0 Å². The molecule has 2 aromatic rings. The van der Waals surface area contributed by atoms with Crippen molar-refractivity contribution in [2.24, 2.45) is 0 Å². The molecule has 0 saturated carbocycles. The van der Waals surface area contributed by atoms with Crippen molar-refractivity contribution in [2.75, 3.05) is 31.1 Å². The lowest BCUT2D eigenvalue weighted by molar-refractivity contribution is 0.0240. The second-order valence-electron chi connectivity index (χ2n) is 7.43. The van der Waals surface area contributed by atoms with E-state index in [1.807, 2.05) is 43.8 Å². The lowest BCUT2D eigenvalue weighted by atomic mass is 10.2. The van der Waals surface area contributed by atoms with E-state index in [4.69, 9.17) is 4.74 Å². The van der Waals surface area contributed by atoms with E-state index in [1.165, 1.54) is 0 Å². The molecule has 2 aromatic heterocycles. The van der Waals surface area contributed by atoms with E-state index in [0.29, 0.717) is 13.1 Å². The number of aryl methyl sites for hydroxylation is 1. The summed E-state index contributed by atoms with van der Waals surface area (Å²) in [6.07, 6.45) is 5.53. The highest BCUT2D eigenvalue weighted by atomic mass is 16.6. The molecule has 1 amide bonds. The topological polar surface area (TPSA) is 63.0 Å². The third-order valence-corrected chi connectivity index (χ3v) is 4.20. The van der Waals surface area contributed by atoms with Gasteiger partial charge in [0, 0.05) is 37.9 Å². The predicted octanol–water partition coefficient (Wildman–Crippen LogP) is 2.74. The minimum absolute atomic E-state index is 0.240. The monoisotopic (exact) mass is 345 g/mol. The summed E-state index contributed by atoms with van der Waals surface area (Å²) >= 11 is 0. The fraction of sp³-hybridized carbons (Fsp3) is 0.611. The summed E-state index contributed by atoms with van der Waals surface area (Å²) in [7, 11) is 0. The van der Waals surface area contributed by atoms with Gasteiger partial charge in [-0.1, -0.05) is 13.3 Å². The lowest BCUT2D eigenvalue weighted by Gasteiger charge is -2.36. The maximum atomic E-state index is 12.2. The third kappa shape index (κ3) is 4.03. The Morgan fingerprint density at radius 1 is 1.20 bits per heavy atom. The second kappa shape index (κ2) is 6.90. The van der Waals surface area contributed by atoms with Crippen molar-refractivity contribution in [3.05, 3.63) is 24.3 Å². The van der Waals surface area contributed by atoms with Gasteiger partial charge in [0.15, 0.2) is 0 Å². The van der Waals surface area contributed by atoms with E-state index >= 15 is 0 Å². The van der Waals surface area contributed by atoms with Crippen molar-refractivity contribution >= 4 is 17.6 Å². The molecule has 1 aliphatic rings. The molecule has 1 fully saturated rings. The molecule has 0 aliphatic carbocycles. The summed E-state index contributed by atoms with van der Waals surface area (Å²) in [5, 5.41) is 0. The number of piperazine rings is 1. The van der Waals surface area contributed by atoms with E-state index in [2.05, 4.69) is 21.8 Å². The molecule has 7 heteroatoms. The molecule has 0 unspecified atom stereocenters. The van der Waals surface area contributed by atoms with Crippen molar-refractivity contribution in [1.82, 2.24) is 19.3 Å². The van der Waals surface area contributed by atoms with Crippen LogP contribution in [0.3, 0.4) is 0 Å². The SMILES string of the molecule is CCCc1cc2ncc(N3CCN(C(=O)OC(C)(C)C)CC3)n2cn1. The number of hydrogen-bond donors (Lipinski definition) is 0. The lowest BCUT2D eigenvalue weighted by Crippen LogP contribution is -2.50. The Morgan fingerprint density at radius 2 is 1.92 bits per heavy atom. The first-order chi connectivity index (χ1) is 11.9. The summed E-state index contributed by atoms with van der Waals surface area (Å²) in [4.78, 5) is 25.2. The number of ether oxygens (including phenoxy) is 1. The Morgan fingerprint density at radius 3 is 2.56 bits per heavy atom. The van der Waals surface area contributed by atoms with Gasteiger partial charge in [0.2, 0.25) is 0 Å². The second-order valence-corrected chi connectivity index (χ2v) is 7.43. The Balaban J connectivity index is 1.67. The molecule has 1 saturated heterocycles. The van der Waals surface area contributed by atoms with Crippen molar-refractivity contribution < 1.29 is 9.53 Å². The zero-order valence-corrected chi connectivity index (χ0v) is 15.5. The molecule has 0 aromatic carbocycles. The van der Waals surface area contributed by atoms with Crippen LogP contribution in [0.15, 0.2) is 18.6 Å². The van der Waals surface area contributed by atoms with Crippen molar-refractivity contribution in [3.8, 4) is 0 Å². The molecule has 3 rings (SSSR count). The molecular formula is C18H27N5O2. The smallest absolute Gasteiger partial charge is 0.410 e. The number of imidazole rings is 1. The molecule has 3 heterocycles. The fourth-order valence-corrected chi connectivity index (χ4v) is 2.98. The average molecular weight is 345 g/mol. The molecule has 7 nitrogen and oxygen atoms in total. The minimum Gasteiger partial charge on any atom is -0.444 e. The van der Waals surface area contributed by atoms with Crippen LogP contribution in [-0.4, -0.2) is 57.1 Å². The molecule has 25 heavy (non-hydrogen) atoms.